The van der Waals surface area contributed by atoms with Gasteiger partial charge in [0.05, 0.1) is 22.8 Å². The number of aromatic amines is 2. The molecule has 0 unspecified atom stereocenters. The fourth-order valence-electron chi connectivity index (χ4n) is 6.27. The third-order valence-electron chi connectivity index (χ3n) is 8.12. The molecular formula is C36H22N4. The minimum absolute atomic E-state index is 0.953. The Labute approximate surface area is 229 Å². The van der Waals surface area contributed by atoms with E-state index < -0.39 is 0 Å². The minimum atomic E-state index is 0.953. The summed E-state index contributed by atoms with van der Waals surface area (Å²) in [4.78, 5) is 17.8. The van der Waals surface area contributed by atoms with Gasteiger partial charge in [0.2, 0.25) is 0 Å². The maximum Gasteiger partial charge on any atom is 0.0737 e. The van der Waals surface area contributed by atoms with Crippen LogP contribution in [0.4, 0.5) is 0 Å². The van der Waals surface area contributed by atoms with Crippen molar-refractivity contribution in [3.05, 3.63) is 121 Å². The van der Waals surface area contributed by atoms with E-state index in [4.69, 9.17) is 9.97 Å². The van der Waals surface area contributed by atoms with E-state index in [0.717, 1.165) is 88.6 Å². The van der Waals surface area contributed by atoms with Crippen LogP contribution in [0.15, 0.2) is 121 Å². The number of aromatic nitrogens is 4. The van der Waals surface area contributed by atoms with Crippen LogP contribution in [-0.4, -0.2) is 19.9 Å². The summed E-state index contributed by atoms with van der Waals surface area (Å²) < 4.78 is 0. The van der Waals surface area contributed by atoms with Crippen LogP contribution in [0, 0.1) is 0 Å². The van der Waals surface area contributed by atoms with Gasteiger partial charge in [-0.1, -0.05) is 97.1 Å². The van der Waals surface area contributed by atoms with E-state index in [-0.39, 0.29) is 0 Å². The lowest BCUT2D eigenvalue weighted by Gasteiger charge is -1.97. The molecule has 0 amide bonds. The molecule has 4 aromatic carbocycles. The molecule has 0 saturated carbocycles. The van der Waals surface area contributed by atoms with Gasteiger partial charge in [0.1, 0.15) is 0 Å². The lowest BCUT2D eigenvalue weighted by molar-refractivity contribution is 1.40. The second kappa shape index (κ2) is 8.01. The van der Waals surface area contributed by atoms with Crippen molar-refractivity contribution in [1.29, 1.82) is 0 Å². The standard InChI is InChI=1S/C36H22N4/c1-2-10-22-21(9-1)29-17-31-23-11-3-4-12-24(23)33(38-31)19-35-27-15-7-8-16-28(27)36(40-35)20-34-26-14-6-5-13-25(26)32(39-34)18-30(22)37-29/h1-20,37,40H. The summed E-state index contributed by atoms with van der Waals surface area (Å²) in [5.41, 5.74) is 12.5. The Kier molecular flexibility index (Phi) is 4.30. The number of nitrogens with one attached hydrogen (secondary N) is 2. The van der Waals surface area contributed by atoms with E-state index in [0.29, 0.717) is 0 Å². The molecular weight excluding hydrogens is 488 g/mol. The molecule has 5 heterocycles. The summed E-state index contributed by atoms with van der Waals surface area (Å²) in [6, 6.07) is 42.7. The van der Waals surface area contributed by atoms with Gasteiger partial charge in [-0.2, -0.15) is 0 Å². The molecule has 4 heteroatoms. The van der Waals surface area contributed by atoms with Gasteiger partial charge in [0.25, 0.3) is 0 Å². The predicted octanol–water partition coefficient (Wildman–Crippen LogP) is 9.29. The average molecular weight is 511 g/mol. The van der Waals surface area contributed by atoms with Crippen molar-refractivity contribution >= 4 is 43.6 Å². The van der Waals surface area contributed by atoms with Gasteiger partial charge in [0, 0.05) is 65.9 Å². The zero-order valence-electron chi connectivity index (χ0n) is 21.4. The monoisotopic (exact) mass is 510 g/mol. The molecule has 0 spiro atoms. The van der Waals surface area contributed by atoms with E-state index >= 15 is 0 Å². The highest BCUT2D eigenvalue weighted by Gasteiger charge is 2.19. The quantitative estimate of drug-likeness (QED) is 0.214. The van der Waals surface area contributed by atoms with Gasteiger partial charge in [-0.15, -0.1) is 0 Å². The average Bonchev–Trinajstić information content (AvgIpc) is 3.73. The Bertz CT molecular complexity index is 2020. The largest absolute Gasteiger partial charge is 0.354 e. The van der Waals surface area contributed by atoms with Crippen molar-refractivity contribution in [2.45, 2.75) is 0 Å². The number of hydrogen-bond acceptors (Lipinski definition) is 2. The van der Waals surface area contributed by atoms with E-state index in [1.54, 1.807) is 0 Å². The van der Waals surface area contributed by atoms with Crippen molar-refractivity contribution in [1.82, 2.24) is 19.9 Å². The Morgan fingerprint density at radius 1 is 0.325 bits per heavy atom. The minimum Gasteiger partial charge on any atom is -0.354 e. The number of hydrogen-bond donors (Lipinski definition) is 2. The maximum absolute atomic E-state index is 5.17. The first-order valence-electron chi connectivity index (χ1n) is 13.5. The van der Waals surface area contributed by atoms with Gasteiger partial charge in [-0.05, 0) is 24.3 Å². The lowest BCUT2D eigenvalue weighted by atomic mass is 10.0. The molecule has 40 heavy (non-hydrogen) atoms. The zero-order chi connectivity index (χ0) is 26.2. The highest BCUT2D eigenvalue weighted by atomic mass is 14.8. The van der Waals surface area contributed by atoms with Crippen molar-refractivity contribution in [3.63, 3.8) is 0 Å². The summed E-state index contributed by atoms with van der Waals surface area (Å²) in [5, 5.41) is 4.66. The molecule has 9 rings (SSSR count). The molecule has 3 aromatic heterocycles. The van der Waals surface area contributed by atoms with Crippen LogP contribution in [0.3, 0.4) is 0 Å². The summed E-state index contributed by atoms with van der Waals surface area (Å²) in [6.07, 6.45) is 0. The van der Waals surface area contributed by atoms with Crippen LogP contribution in [0.25, 0.3) is 88.6 Å². The Hall–Kier alpha value is -5.48. The first-order chi connectivity index (χ1) is 19.8. The Balaban J connectivity index is 1.51. The van der Waals surface area contributed by atoms with Crippen LogP contribution in [0.1, 0.15) is 0 Å². The number of fused-ring (bicyclic) bond motifs is 20. The maximum atomic E-state index is 5.17. The molecule has 186 valence electrons. The lowest BCUT2D eigenvalue weighted by Crippen LogP contribution is -1.75. The highest BCUT2D eigenvalue weighted by Crippen LogP contribution is 2.40. The van der Waals surface area contributed by atoms with E-state index in [1.807, 2.05) is 0 Å². The topological polar surface area (TPSA) is 57.4 Å². The van der Waals surface area contributed by atoms with Gasteiger partial charge >= 0.3 is 0 Å². The van der Waals surface area contributed by atoms with Gasteiger partial charge in [-0.25, -0.2) is 9.97 Å². The van der Waals surface area contributed by atoms with Crippen molar-refractivity contribution in [2.75, 3.05) is 0 Å². The summed E-state index contributed by atoms with van der Waals surface area (Å²) >= 11 is 0. The predicted molar refractivity (Wildman–Crippen MR) is 165 cm³/mol. The van der Waals surface area contributed by atoms with Crippen LogP contribution >= 0.6 is 0 Å². The second-order valence-electron chi connectivity index (χ2n) is 10.4. The Morgan fingerprint density at radius 2 is 0.575 bits per heavy atom. The molecule has 0 saturated heterocycles. The normalized spacial score (nSPS) is 12.0. The second-order valence-corrected chi connectivity index (χ2v) is 10.4. The summed E-state index contributed by atoms with van der Waals surface area (Å²) in [6.45, 7) is 0. The van der Waals surface area contributed by atoms with Gasteiger partial charge in [-0.3, -0.25) is 0 Å². The van der Waals surface area contributed by atoms with Crippen molar-refractivity contribution < 1.29 is 0 Å². The fourth-order valence-corrected chi connectivity index (χ4v) is 6.27. The third-order valence-corrected chi connectivity index (χ3v) is 8.12. The molecule has 4 nitrogen and oxygen atoms in total. The number of nitrogens with zero attached hydrogens (tertiary/aromatic N) is 2. The highest BCUT2D eigenvalue weighted by molar-refractivity contribution is 6.10. The number of H-pyrrole nitrogens is 2. The smallest absolute Gasteiger partial charge is 0.0737 e. The third kappa shape index (κ3) is 3.07. The molecule has 8 bridgehead atoms. The van der Waals surface area contributed by atoms with E-state index in [1.165, 1.54) is 0 Å². The number of rotatable bonds is 0. The molecule has 0 fully saturated rings. The fraction of sp³-hybridized carbons (Fsp3) is 0. The summed E-state index contributed by atoms with van der Waals surface area (Å²) in [7, 11) is 0. The van der Waals surface area contributed by atoms with Gasteiger partial charge in [0.15, 0.2) is 0 Å². The molecule has 0 aliphatic carbocycles. The van der Waals surface area contributed by atoms with Crippen LogP contribution in [-0.2, 0) is 0 Å². The molecule has 2 aliphatic heterocycles. The van der Waals surface area contributed by atoms with Crippen molar-refractivity contribution in [2.24, 2.45) is 0 Å². The van der Waals surface area contributed by atoms with Crippen LogP contribution in [0.5, 0.6) is 0 Å². The van der Waals surface area contributed by atoms with E-state index in [9.17, 15) is 0 Å². The molecule has 0 radical (unpaired) electrons. The Morgan fingerprint density at radius 3 is 0.850 bits per heavy atom. The SMILES string of the molecule is c1ccc2c(c1)-c1cc3[nH]c(cc4nc(cc5[nH]c(cc-2n1)c1ccccc51)-c1ccccc1-4)c1ccccc31. The van der Waals surface area contributed by atoms with Crippen molar-refractivity contribution in [3.8, 4) is 45.0 Å². The van der Waals surface area contributed by atoms with E-state index in [2.05, 4.69) is 131 Å². The number of benzene rings is 4. The molecule has 2 aliphatic rings. The molecule has 7 aromatic rings. The first-order valence-corrected chi connectivity index (χ1v) is 13.5. The summed E-state index contributed by atoms with van der Waals surface area (Å²) in [5.74, 6) is 0. The first kappa shape index (κ1) is 21.5. The molecule has 0 atom stereocenters. The van der Waals surface area contributed by atoms with Gasteiger partial charge < -0.3 is 9.97 Å². The zero-order valence-corrected chi connectivity index (χ0v) is 21.4. The molecule has 2 N–H and O–H groups in total. The van der Waals surface area contributed by atoms with Crippen LogP contribution in [0.2, 0.25) is 0 Å². The van der Waals surface area contributed by atoms with Crippen LogP contribution < -0.4 is 0 Å².